The van der Waals surface area contributed by atoms with Crippen molar-refractivity contribution in [2.75, 3.05) is 24.3 Å². The lowest BCUT2D eigenvalue weighted by atomic mass is 9.99. The van der Waals surface area contributed by atoms with Gasteiger partial charge in [-0.1, -0.05) is 40.2 Å². The molecule has 0 saturated heterocycles. The molecule has 144 valence electrons. The highest BCUT2D eigenvalue weighted by Crippen LogP contribution is 2.35. The molecule has 0 aliphatic rings. The molecule has 0 radical (unpaired) electrons. The Morgan fingerprint density at radius 1 is 1.00 bits per heavy atom. The minimum atomic E-state index is 0.432. The second-order valence-corrected chi connectivity index (χ2v) is 7.61. The zero-order valence-corrected chi connectivity index (χ0v) is 17.5. The van der Waals surface area contributed by atoms with Crippen LogP contribution >= 0.6 is 15.9 Å². The first-order valence-electron chi connectivity index (χ1n) is 8.96. The SMILES string of the molecule is CN(C)c1ccc(-c2cc(-c3cccc(Br)c3)c3c(NC=O)ncnc3n2)cc1. The lowest BCUT2D eigenvalue weighted by Crippen LogP contribution is -2.08. The molecule has 1 amide bonds. The zero-order chi connectivity index (χ0) is 20.4. The third-order valence-electron chi connectivity index (χ3n) is 4.61. The van der Waals surface area contributed by atoms with Gasteiger partial charge in [-0.2, -0.15) is 0 Å². The second kappa shape index (κ2) is 7.97. The van der Waals surface area contributed by atoms with Crippen LogP contribution in [0.5, 0.6) is 0 Å². The molecule has 0 fully saturated rings. The standard InChI is InChI=1S/C22H18BrN5O/c1-28(2)17-8-6-14(7-9-17)19-11-18(15-4-3-5-16(23)10-15)20-21(26-13-29)24-12-25-22(20)27-19/h3-13H,1-2H3,(H,24,25,26,27,29). The van der Waals surface area contributed by atoms with E-state index in [1.165, 1.54) is 6.33 Å². The average molecular weight is 448 g/mol. The summed E-state index contributed by atoms with van der Waals surface area (Å²) in [4.78, 5) is 26.5. The third kappa shape index (κ3) is 3.82. The Balaban J connectivity index is 1.97. The van der Waals surface area contributed by atoms with E-state index in [9.17, 15) is 4.79 Å². The summed E-state index contributed by atoms with van der Waals surface area (Å²) in [6, 6.07) is 18.2. The number of amides is 1. The summed E-state index contributed by atoms with van der Waals surface area (Å²) in [7, 11) is 4.01. The minimum absolute atomic E-state index is 0.432. The summed E-state index contributed by atoms with van der Waals surface area (Å²) >= 11 is 3.53. The van der Waals surface area contributed by atoms with Gasteiger partial charge in [0.15, 0.2) is 5.65 Å². The molecular formula is C22H18BrN5O. The largest absolute Gasteiger partial charge is 0.378 e. The number of fused-ring (bicyclic) bond motifs is 1. The summed E-state index contributed by atoms with van der Waals surface area (Å²) in [5, 5.41) is 3.37. The Bertz CT molecular complexity index is 1190. The van der Waals surface area contributed by atoms with Gasteiger partial charge < -0.3 is 10.2 Å². The van der Waals surface area contributed by atoms with Crippen molar-refractivity contribution in [2.24, 2.45) is 0 Å². The van der Waals surface area contributed by atoms with Crippen LogP contribution in [0.25, 0.3) is 33.4 Å². The molecule has 6 nitrogen and oxygen atoms in total. The predicted octanol–water partition coefficient (Wildman–Crippen LogP) is 4.76. The van der Waals surface area contributed by atoms with Gasteiger partial charge in [-0.15, -0.1) is 0 Å². The summed E-state index contributed by atoms with van der Waals surface area (Å²) in [5.74, 6) is 0.432. The summed E-state index contributed by atoms with van der Waals surface area (Å²) < 4.78 is 0.957. The molecule has 29 heavy (non-hydrogen) atoms. The second-order valence-electron chi connectivity index (χ2n) is 6.69. The first-order chi connectivity index (χ1) is 14.1. The number of hydrogen-bond acceptors (Lipinski definition) is 5. The molecule has 2 aromatic carbocycles. The molecule has 0 spiro atoms. The van der Waals surface area contributed by atoms with Crippen molar-refractivity contribution in [1.82, 2.24) is 15.0 Å². The molecule has 2 aromatic heterocycles. The molecular weight excluding hydrogens is 430 g/mol. The molecule has 1 N–H and O–H groups in total. The van der Waals surface area contributed by atoms with E-state index >= 15 is 0 Å². The number of nitrogens with one attached hydrogen (secondary N) is 1. The molecule has 0 aliphatic heterocycles. The molecule has 2 heterocycles. The fourth-order valence-corrected chi connectivity index (χ4v) is 3.59. The number of carbonyl (C=O) groups is 1. The molecule has 7 heteroatoms. The third-order valence-corrected chi connectivity index (χ3v) is 5.11. The van der Waals surface area contributed by atoms with Crippen LogP contribution in [-0.4, -0.2) is 35.5 Å². The van der Waals surface area contributed by atoms with Crippen LogP contribution in [0.2, 0.25) is 0 Å². The van der Waals surface area contributed by atoms with Gasteiger partial charge in [-0.3, -0.25) is 4.79 Å². The van der Waals surface area contributed by atoms with Crippen LogP contribution in [-0.2, 0) is 4.79 Å². The van der Waals surface area contributed by atoms with Gasteiger partial charge in [-0.05, 0) is 41.5 Å². The Hall–Kier alpha value is -3.32. The Morgan fingerprint density at radius 2 is 1.79 bits per heavy atom. The van der Waals surface area contributed by atoms with Gasteiger partial charge in [0.2, 0.25) is 6.41 Å². The van der Waals surface area contributed by atoms with Crippen molar-refractivity contribution in [1.29, 1.82) is 0 Å². The summed E-state index contributed by atoms with van der Waals surface area (Å²) in [6.07, 6.45) is 2.02. The molecule has 0 atom stereocenters. The molecule has 4 rings (SSSR count). The van der Waals surface area contributed by atoms with Crippen molar-refractivity contribution in [3.63, 3.8) is 0 Å². The first kappa shape index (κ1) is 19.0. The number of benzene rings is 2. The van der Waals surface area contributed by atoms with Crippen LogP contribution < -0.4 is 10.2 Å². The van der Waals surface area contributed by atoms with Gasteiger partial charge in [0.05, 0.1) is 11.1 Å². The number of pyridine rings is 1. The van der Waals surface area contributed by atoms with Crippen molar-refractivity contribution < 1.29 is 4.79 Å². The van der Waals surface area contributed by atoms with E-state index in [0.29, 0.717) is 23.3 Å². The van der Waals surface area contributed by atoms with E-state index in [1.807, 2.05) is 56.6 Å². The monoisotopic (exact) mass is 447 g/mol. The highest BCUT2D eigenvalue weighted by atomic mass is 79.9. The van der Waals surface area contributed by atoms with Crippen LogP contribution in [0.3, 0.4) is 0 Å². The summed E-state index contributed by atoms with van der Waals surface area (Å²) in [6.45, 7) is 0. The number of carbonyl (C=O) groups excluding carboxylic acids is 1. The van der Waals surface area contributed by atoms with Crippen LogP contribution in [0, 0.1) is 0 Å². The maximum absolute atomic E-state index is 11.1. The number of nitrogens with zero attached hydrogens (tertiary/aromatic N) is 4. The highest BCUT2D eigenvalue weighted by molar-refractivity contribution is 9.10. The zero-order valence-electron chi connectivity index (χ0n) is 15.9. The molecule has 4 aromatic rings. The number of rotatable bonds is 5. The van der Waals surface area contributed by atoms with E-state index in [4.69, 9.17) is 4.98 Å². The lowest BCUT2D eigenvalue weighted by molar-refractivity contribution is -0.105. The van der Waals surface area contributed by atoms with E-state index in [2.05, 4.69) is 48.2 Å². The number of halogens is 1. The fourth-order valence-electron chi connectivity index (χ4n) is 3.19. The van der Waals surface area contributed by atoms with Gasteiger partial charge in [-0.25, -0.2) is 15.0 Å². The fraction of sp³-hybridized carbons (Fsp3) is 0.0909. The minimum Gasteiger partial charge on any atom is -0.378 e. The average Bonchev–Trinajstić information content (AvgIpc) is 2.73. The highest BCUT2D eigenvalue weighted by Gasteiger charge is 2.15. The van der Waals surface area contributed by atoms with Crippen molar-refractivity contribution >= 4 is 44.9 Å². The maximum Gasteiger partial charge on any atom is 0.212 e. The molecule has 0 saturated carbocycles. The van der Waals surface area contributed by atoms with E-state index in [1.54, 1.807) is 0 Å². The van der Waals surface area contributed by atoms with Crippen LogP contribution in [0.4, 0.5) is 11.5 Å². The Morgan fingerprint density at radius 3 is 2.48 bits per heavy atom. The summed E-state index contributed by atoms with van der Waals surface area (Å²) in [5.41, 5.74) is 5.29. The van der Waals surface area contributed by atoms with Crippen LogP contribution in [0.1, 0.15) is 0 Å². The predicted molar refractivity (Wildman–Crippen MR) is 120 cm³/mol. The topological polar surface area (TPSA) is 71.0 Å². The van der Waals surface area contributed by atoms with Gasteiger partial charge in [0.1, 0.15) is 12.1 Å². The van der Waals surface area contributed by atoms with Crippen molar-refractivity contribution in [3.05, 3.63) is 65.4 Å². The number of aromatic nitrogens is 3. The lowest BCUT2D eigenvalue weighted by Gasteiger charge is -2.14. The van der Waals surface area contributed by atoms with E-state index < -0.39 is 0 Å². The molecule has 0 aliphatic carbocycles. The first-order valence-corrected chi connectivity index (χ1v) is 9.76. The number of hydrogen-bond donors (Lipinski definition) is 1. The maximum atomic E-state index is 11.1. The molecule has 0 unspecified atom stereocenters. The van der Waals surface area contributed by atoms with Crippen molar-refractivity contribution in [2.45, 2.75) is 0 Å². The van der Waals surface area contributed by atoms with Gasteiger partial charge in [0.25, 0.3) is 0 Å². The van der Waals surface area contributed by atoms with Gasteiger partial charge in [0, 0.05) is 29.8 Å². The van der Waals surface area contributed by atoms with Crippen molar-refractivity contribution in [3.8, 4) is 22.4 Å². The Kier molecular flexibility index (Phi) is 5.22. The Labute approximate surface area is 176 Å². The number of anilines is 2. The quantitative estimate of drug-likeness (QED) is 0.446. The van der Waals surface area contributed by atoms with Crippen LogP contribution in [0.15, 0.2) is 65.4 Å². The van der Waals surface area contributed by atoms with Gasteiger partial charge >= 0.3 is 0 Å². The van der Waals surface area contributed by atoms with E-state index in [0.717, 1.165) is 32.5 Å². The molecule has 0 bridgehead atoms. The van der Waals surface area contributed by atoms with E-state index in [-0.39, 0.29) is 0 Å². The normalized spacial score (nSPS) is 10.7. The smallest absolute Gasteiger partial charge is 0.212 e.